The number of carbonyl (C=O) groups excluding carboxylic acids is 2. The van der Waals surface area contributed by atoms with Crippen molar-refractivity contribution in [2.75, 3.05) is 26.2 Å². The summed E-state index contributed by atoms with van der Waals surface area (Å²) in [6.45, 7) is 5.05. The number of ketones is 1. The van der Waals surface area contributed by atoms with Crippen LogP contribution in [-0.2, 0) is 9.59 Å². The molecule has 2 aliphatic rings. The van der Waals surface area contributed by atoms with E-state index in [2.05, 4.69) is 11.8 Å². The van der Waals surface area contributed by atoms with Crippen molar-refractivity contribution in [3.8, 4) is 0 Å². The van der Waals surface area contributed by atoms with Crippen LogP contribution >= 0.6 is 0 Å². The van der Waals surface area contributed by atoms with Crippen molar-refractivity contribution in [1.29, 1.82) is 0 Å². The van der Waals surface area contributed by atoms with Crippen LogP contribution < -0.4 is 0 Å². The van der Waals surface area contributed by atoms with Crippen molar-refractivity contribution in [3.05, 3.63) is 0 Å². The van der Waals surface area contributed by atoms with Crippen molar-refractivity contribution in [2.45, 2.75) is 51.5 Å². The third-order valence-corrected chi connectivity index (χ3v) is 4.20. The van der Waals surface area contributed by atoms with E-state index in [4.69, 9.17) is 0 Å². The van der Waals surface area contributed by atoms with Crippen LogP contribution in [0.5, 0.6) is 0 Å². The van der Waals surface area contributed by atoms with Gasteiger partial charge >= 0.3 is 0 Å². The fourth-order valence-electron chi connectivity index (χ4n) is 2.85. The van der Waals surface area contributed by atoms with Gasteiger partial charge in [0.05, 0.1) is 6.54 Å². The zero-order valence-corrected chi connectivity index (χ0v) is 11.4. The maximum Gasteiger partial charge on any atom is 0.236 e. The van der Waals surface area contributed by atoms with Gasteiger partial charge in [0.2, 0.25) is 5.91 Å². The third-order valence-electron chi connectivity index (χ3n) is 4.20. The predicted molar refractivity (Wildman–Crippen MR) is 70.3 cm³/mol. The minimum absolute atomic E-state index is 0.205. The molecule has 2 heterocycles. The summed E-state index contributed by atoms with van der Waals surface area (Å²) in [5.41, 5.74) is 0. The zero-order chi connectivity index (χ0) is 13.0. The highest BCUT2D eigenvalue weighted by Crippen LogP contribution is 2.16. The lowest BCUT2D eigenvalue weighted by Crippen LogP contribution is -2.46. The summed E-state index contributed by atoms with van der Waals surface area (Å²) in [7, 11) is 0. The quantitative estimate of drug-likeness (QED) is 0.746. The zero-order valence-electron chi connectivity index (χ0n) is 11.4. The monoisotopic (exact) mass is 252 g/mol. The van der Waals surface area contributed by atoms with Gasteiger partial charge in [-0.3, -0.25) is 14.5 Å². The van der Waals surface area contributed by atoms with E-state index >= 15 is 0 Å². The van der Waals surface area contributed by atoms with Crippen LogP contribution in [0.2, 0.25) is 0 Å². The Labute approximate surface area is 109 Å². The average Bonchev–Trinajstić information content (AvgIpc) is 2.56. The Balaban J connectivity index is 1.84. The largest absolute Gasteiger partial charge is 0.341 e. The molecule has 2 saturated heterocycles. The van der Waals surface area contributed by atoms with Gasteiger partial charge in [-0.15, -0.1) is 0 Å². The molecule has 4 heteroatoms. The smallest absolute Gasteiger partial charge is 0.236 e. The van der Waals surface area contributed by atoms with Gasteiger partial charge in [0.25, 0.3) is 0 Å². The molecule has 0 bridgehead atoms. The lowest BCUT2D eigenvalue weighted by atomic mass is 10.1. The van der Waals surface area contributed by atoms with Gasteiger partial charge in [-0.2, -0.15) is 0 Å². The number of hydrogen-bond acceptors (Lipinski definition) is 3. The van der Waals surface area contributed by atoms with E-state index in [0.29, 0.717) is 44.3 Å². The second-order valence-electron chi connectivity index (χ2n) is 5.59. The van der Waals surface area contributed by atoms with Crippen molar-refractivity contribution < 1.29 is 9.59 Å². The molecule has 1 atom stereocenters. The summed E-state index contributed by atoms with van der Waals surface area (Å²) in [4.78, 5) is 27.5. The van der Waals surface area contributed by atoms with E-state index in [0.717, 1.165) is 6.54 Å². The topological polar surface area (TPSA) is 40.6 Å². The molecule has 2 fully saturated rings. The summed E-state index contributed by atoms with van der Waals surface area (Å²) in [5.74, 6) is 0.499. The van der Waals surface area contributed by atoms with Gasteiger partial charge in [-0.05, 0) is 26.3 Å². The Morgan fingerprint density at radius 3 is 2.61 bits per heavy atom. The van der Waals surface area contributed by atoms with Crippen LogP contribution in [0.1, 0.15) is 45.4 Å². The SMILES string of the molecule is CC1CCCCCN1CC(=O)N1CCC(=O)CC1. The van der Waals surface area contributed by atoms with Crippen molar-refractivity contribution in [2.24, 2.45) is 0 Å². The van der Waals surface area contributed by atoms with Crippen molar-refractivity contribution in [3.63, 3.8) is 0 Å². The van der Waals surface area contributed by atoms with Crippen LogP contribution in [0.3, 0.4) is 0 Å². The fourth-order valence-corrected chi connectivity index (χ4v) is 2.85. The molecule has 0 aromatic carbocycles. The molecule has 102 valence electrons. The van der Waals surface area contributed by atoms with Crippen LogP contribution in [0.25, 0.3) is 0 Å². The van der Waals surface area contributed by atoms with Gasteiger partial charge < -0.3 is 4.90 Å². The first-order valence-corrected chi connectivity index (χ1v) is 7.20. The number of likely N-dealkylation sites (tertiary alicyclic amines) is 2. The molecule has 4 nitrogen and oxygen atoms in total. The average molecular weight is 252 g/mol. The first kappa shape index (κ1) is 13.5. The maximum absolute atomic E-state index is 12.2. The normalized spacial score (nSPS) is 27.1. The van der Waals surface area contributed by atoms with Gasteiger partial charge in [-0.25, -0.2) is 0 Å². The second-order valence-corrected chi connectivity index (χ2v) is 5.59. The molecule has 0 aromatic rings. The Morgan fingerprint density at radius 1 is 1.17 bits per heavy atom. The van der Waals surface area contributed by atoms with E-state index in [-0.39, 0.29) is 5.91 Å². The number of amides is 1. The Kier molecular flexibility index (Phi) is 4.75. The molecular weight excluding hydrogens is 228 g/mol. The first-order chi connectivity index (χ1) is 8.66. The summed E-state index contributed by atoms with van der Waals surface area (Å²) in [5, 5.41) is 0. The standard InChI is InChI=1S/C14H24N2O2/c1-12-5-3-2-4-8-16(12)11-14(18)15-9-6-13(17)7-10-15/h12H,2-11H2,1H3. The maximum atomic E-state index is 12.2. The fraction of sp³-hybridized carbons (Fsp3) is 0.857. The van der Waals surface area contributed by atoms with E-state index in [1.807, 2.05) is 4.90 Å². The molecule has 18 heavy (non-hydrogen) atoms. The highest BCUT2D eigenvalue weighted by molar-refractivity contribution is 5.84. The molecule has 0 N–H and O–H groups in total. The number of hydrogen-bond donors (Lipinski definition) is 0. The Morgan fingerprint density at radius 2 is 1.89 bits per heavy atom. The summed E-state index contributed by atoms with van der Waals surface area (Å²) in [6, 6.07) is 0.517. The molecule has 0 aromatic heterocycles. The Bertz CT molecular complexity index is 307. The van der Waals surface area contributed by atoms with Crippen LogP contribution in [0.15, 0.2) is 0 Å². The van der Waals surface area contributed by atoms with Crippen LogP contribution in [-0.4, -0.2) is 53.7 Å². The van der Waals surface area contributed by atoms with E-state index < -0.39 is 0 Å². The minimum Gasteiger partial charge on any atom is -0.341 e. The molecule has 0 radical (unpaired) electrons. The number of Topliss-reactive ketones (excluding diaryl/α,β-unsaturated/α-hetero) is 1. The number of piperidine rings is 1. The summed E-state index contributed by atoms with van der Waals surface area (Å²) >= 11 is 0. The van der Waals surface area contributed by atoms with E-state index in [1.165, 1.54) is 25.7 Å². The second kappa shape index (κ2) is 6.32. The van der Waals surface area contributed by atoms with Gasteiger partial charge in [0, 0.05) is 32.0 Å². The highest BCUT2D eigenvalue weighted by Gasteiger charge is 2.24. The molecule has 0 aliphatic carbocycles. The Hall–Kier alpha value is -0.900. The summed E-state index contributed by atoms with van der Waals surface area (Å²) < 4.78 is 0. The number of rotatable bonds is 2. The molecule has 0 spiro atoms. The van der Waals surface area contributed by atoms with E-state index in [9.17, 15) is 9.59 Å². The third kappa shape index (κ3) is 3.55. The van der Waals surface area contributed by atoms with Crippen molar-refractivity contribution in [1.82, 2.24) is 9.80 Å². The van der Waals surface area contributed by atoms with Crippen LogP contribution in [0.4, 0.5) is 0 Å². The molecule has 2 rings (SSSR count). The lowest BCUT2D eigenvalue weighted by Gasteiger charge is -2.31. The highest BCUT2D eigenvalue weighted by atomic mass is 16.2. The van der Waals surface area contributed by atoms with Gasteiger partial charge in [0.1, 0.15) is 5.78 Å². The predicted octanol–water partition coefficient (Wildman–Crippen LogP) is 1.44. The molecule has 2 aliphatic heterocycles. The van der Waals surface area contributed by atoms with Crippen LogP contribution in [0, 0.1) is 0 Å². The minimum atomic E-state index is 0.205. The number of nitrogens with zero attached hydrogens (tertiary/aromatic N) is 2. The molecule has 1 amide bonds. The lowest BCUT2D eigenvalue weighted by molar-refractivity contribution is -0.136. The molecule has 0 saturated carbocycles. The molecular formula is C14H24N2O2. The van der Waals surface area contributed by atoms with E-state index in [1.54, 1.807) is 0 Å². The van der Waals surface area contributed by atoms with Crippen molar-refractivity contribution >= 4 is 11.7 Å². The van der Waals surface area contributed by atoms with Gasteiger partial charge in [0.15, 0.2) is 0 Å². The first-order valence-electron chi connectivity index (χ1n) is 7.20. The molecule has 1 unspecified atom stereocenters. The van der Waals surface area contributed by atoms with Gasteiger partial charge in [-0.1, -0.05) is 12.8 Å². The number of carbonyl (C=O) groups is 2. The summed E-state index contributed by atoms with van der Waals surface area (Å²) in [6.07, 6.45) is 6.06.